The third-order valence-electron chi connectivity index (χ3n) is 2.78. The number of carbonyl (C=O) groups excluding carboxylic acids is 2. The molecule has 0 aliphatic rings. The predicted molar refractivity (Wildman–Crippen MR) is 89.6 cm³/mol. The van der Waals surface area contributed by atoms with Crippen molar-refractivity contribution < 1.29 is 14.3 Å². The van der Waals surface area contributed by atoms with E-state index < -0.39 is 0 Å². The van der Waals surface area contributed by atoms with E-state index >= 15 is 0 Å². The molecule has 124 valence electrons. The summed E-state index contributed by atoms with van der Waals surface area (Å²) < 4.78 is 5.54. The van der Waals surface area contributed by atoms with Crippen molar-refractivity contribution in [1.29, 1.82) is 0 Å². The number of hydrogen-bond acceptors (Lipinski definition) is 4. The summed E-state index contributed by atoms with van der Waals surface area (Å²) in [5, 5.41) is 8.46. The topological polar surface area (TPSA) is 79.5 Å². The van der Waals surface area contributed by atoms with E-state index in [-0.39, 0.29) is 30.1 Å². The maximum absolute atomic E-state index is 11.7. The molecule has 6 nitrogen and oxygen atoms in total. The number of carbonyl (C=O) groups is 2. The first-order valence-electron chi connectivity index (χ1n) is 6.95. The lowest BCUT2D eigenvalue weighted by atomic mass is 10.1. The Morgan fingerprint density at radius 1 is 1.32 bits per heavy atom. The van der Waals surface area contributed by atoms with Crippen molar-refractivity contribution in [2.45, 2.75) is 13.8 Å². The van der Waals surface area contributed by atoms with Crippen LogP contribution >= 0.6 is 12.4 Å². The van der Waals surface area contributed by atoms with Gasteiger partial charge in [-0.15, -0.1) is 12.4 Å². The van der Waals surface area contributed by atoms with Crippen molar-refractivity contribution in [2.24, 2.45) is 5.92 Å². The molecule has 2 amide bonds. The third-order valence-corrected chi connectivity index (χ3v) is 2.78. The first kappa shape index (κ1) is 20.2. The molecule has 1 rings (SSSR count). The monoisotopic (exact) mass is 329 g/mol. The quantitative estimate of drug-likeness (QED) is 0.630. The van der Waals surface area contributed by atoms with E-state index in [0.29, 0.717) is 31.1 Å². The molecule has 1 aromatic rings. The highest BCUT2D eigenvalue weighted by Gasteiger charge is 2.10. The Bertz CT molecular complexity index is 483. The summed E-state index contributed by atoms with van der Waals surface area (Å²) in [5.41, 5.74) is 0.687. The lowest BCUT2D eigenvalue weighted by Crippen LogP contribution is -2.36. The second-order valence-corrected chi connectivity index (χ2v) is 4.81. The molecule has 0 fully saturated rings. The zero-order chi connectivity index (χ0) is 15.7. The number of halogens is 1. The normalized spacial score (nSPS) is 11.0. The zero-order valence-corrected chi connectivity index (χ0v) is 14.0. The predicted octanol–water partition coefficient (Wildman–Crippen LogP) is 1.42. The van der Waals surface area contributed by atoms with Gasteiger partial charge in [-0.2, -0.15) is 0 Å². The number of rotatable bonds is 8. The Balaban J connectivity index is 0.00000441. The standard InChI is InChI=1S/C15H23N3O3.ClH/c1-11(10-16-3)15(20)17-7-8-21-14-6-4-5-13(9-14)18-12(2)19;/h4-6,9,11,16H,7-8,10H2,1-3H3,(H,17,20)(H,18,19);1H. The lowest BCUT2D eigenvalue weighted by molar-refractivity contribution is -0.124. The summed E-state index contributed by atoms with van der Waals surface area (Å²) in [6.45, 7) is 4.78. The van der Waals surface area contributed by atoms with Gasteiger partial charge >= 0.3 is 0 Å². The summed E-state index contributed by atoms with van der Waals surface area (Å²) in [5.74, 6) is 0.453. The molecule has 1 atom stereocenters. The van der Waals surface area contributed by atoms with Crippen molar-refractivity contribution in [3.8, 4) is 5.75 Å². The molecule has 0 saturated heterocycles. The first-order chi connectivity index (χ1) is 10.0. The molecule has 1 unspecified atom stereocenters. The SMILES string of the molecule is CNCC(C)C(=O)NCCOc1cccc(NC(C)=O)c1.Cl. The van der Waals surface area contributed by atoms with Gasteiger partial charge in [-0.3, -0.25) is 9.59 Å². The van der Waals surface area contributed by atoms with E-state index in [9.17, 15) is 9.59 Å². The largest absolute Gasteiger partial charge is 0.492 e. The Hall–Kier alpha value is -1.79. The summed E-state index contributed by atoms with van der Waals surface area (Å²) >= 11 is 0. The van der Waals surface area contributed by atoms with Crippen LogP contribution in [0.1, 0.15) is 13.8 Å². The van der Waals surface area contributed by atoms with Crippen LogP contribution in [0.4, 0.5) is 5.69 Å². The molecule has 0 aliphatic heterocycles. The molecule has 0 aromatic heterocycles. The smallest absolute Gasteiger partial charge is 0.224 e. The molecule has 7 heteroatoms. The van der Waals surface area contributed by atoms with Gasteiger partial charge in [-0.25, -0.2) is 0 Å². The van der Waals surface area contributed by atoms with Crippen molar-refractivity contribution in [3.63, 3.8) is 0 Å². The summed E-state index contributed by atoms with van der Waals surface area (Å²) in [7, 11) is 1.81. The number of benzene rings is 1. The molecule has 0 heterocycles. The fourth-order valence-electron chi connectivity index (χ4n) is 1.78. The van der Waals surface area contributed by atoms with Crippen LogP contribution in [-0.4, -0.2) is 38.6 Å². The highest BCUT2D eigenvalue weighted by Crippen LogP contribution is 2.16. The number of anilines is 1. The van der Waals surface area contributed by atoms with Gasteiger partial charge in [0.2, 0.25) is 11.8 Å². The van der Waals surface area contributed by atoms with Crippen LogP contribution in [0.15, 0.2) is 24.3 Å². The second-order valence-electron chi connectivity index (χ2n) is 4.81. The maximum atomic E-state index is 11.7. The van der Waals surface area contributed by atoms with Gasteiger partial charge in [0, 0.05) is 31.1 Å². The van der Waals surface area contributed by atoms with Crippen molar-refractivity contribution >= 4 is 29.9 Å². The van der Waals surface area contributed by atoms with Gasteiger partial charge in [0.05, 0.1) is 6.54 Å². The Kier molecular flexibility index (Phi) is 9.98. The maximum Gasteiger partial charge on any atom is 0.224 e. The molecular formula is C15H24ClN3O3. The van der Waals surface area contributed by atoms with Crippen LogP contribution < -0.4 is 20.7 Å². The summed E-state index contributed by atoms with van der Waals surface area (Å²) in [6.07, 6.45) is 0. The van der Waals surface area contributed by atoms with Gasteiger partial charge in [-0.1, -0.05) is 13.0 Å². The van der Waals surface area contributed by atoms with Crippen LogP contribution in [0.25, 0.3) is 0 Å². The Morgan fingerprint density at radius 2 is 2.05 bits per heavy atom. The van der Waals surface area contributed by atoms with Crippen LogP contribution in [0.5, 0.6) is 5.75 Å². The molecule has 1 aromatic carbocycles. The molecule has 22 heavy (non-hydrogen) atoms. The fourth-order valence-corrected chi connectivity index (χ4v) is 1.78. The number of nitrogens with one attached hydrogen (secondary N) is 3. The van der Waals surface area contributed by atoms with Crippen molar-refractivity contribution in [2.75, 3.05) is 32.1 Å². The molecule has 3 N–H and O–H groups in total. The average molecular weight is 330 g/mol. The van der Waals surface area contributed by atoms with Crippen molar-refractivity contribution in [1.82, 2.24) is 10.6 Å². The molecule has 0 bridgehead atoms. The highest BCUT2D eigenvalue weighted by atomic mass is 35.5. The molecule has 0 saturated carbocycles. The van der Waals surface area contributed by atoms with E-state index in [2.05, 4.69) is 16.0 Å². The van der Waals surface area contributed by atoms with E-state index in [4.69, 9.17) is 4.74 Å². The van der Waals surface area contributed by atoms with Crippen LogP contribution in [0, 0.1) is 5.92 Å². The lowest BCUT2D eigenvalue weighted by Gasteiger charge is -2.12. The summed E-state index contributed by atoms with van der Waals surface area (Å²) in [6, 6.07) is 7.13. The van der Waals surface area contributed by atoms with E-state index in [1.54, 1.807) is 24.3 Å². The minimum atomic E-state index is -0.127. The van der Waals surface area contributed by atoms with Crippen LogP contribution in [0.3, 0.4) is 0 Å². The van der Waals surface area contributed by atoms with E-state index in [1.807, 2.05) is 14.0 Å². The van der Waals surface area contributed by atoms with E-state index in [1.165, 1.54) is 6.92 Å². The van der Waals surface area contributed by atoms with Gasteiger partial charge in [-0.05, 0) is 19.2 Å². The van der Waals surface area contributed by atoms with Crippen LogP contribution in [-0.2, 0) is 9.59 Å². The third kappa shape index (κ3) is 7.85. The Labute approximate surface area is 137 Å². The fraction of sp³-hybridized carbons (Fsp3) is 0.467. The van der Waals surface area contributed by atoms with Crippen molar-refractivity contribution in [3.05, 3.63) is 24.3 Å². The Morgan fingerprint density at radius 3 is 2.68 bits per heavy atom. The number of ether oxygens (including phenoxy) is 1. The molecule has 0 aliphatic carbocycles. The van der Waals surface area contributed by atoms with Gasteiger partial charge in [0.1, 0.15) is 12.4 Å². The minimum Gasteiger partial charge on any atom is -0.492 e. The first-order valence-corrected chi connectivity index (χ1v) is 6.95. The minimum absolute atomic E-state index is 0. The molecular weight excluding hydrogens is 306 g/mol. The summed E-state index contributed by atoms with van der Waals surface area (Å²) in [4.78, 5) is 22.6. The highest BCUT2D eigenvalue weighted by molar-refractivity contribution is 5.88. The van der Waals surface area contributed by atoms with Crippen LogP contribution in [0.2, 0.25) is 0 Å². The zero-order valence-electron chi connectivity index (χ0n) is 13.1. The second kappa shape index (κ2) is 10.9. The molecule has 0 spiro atoms. The average Bonchev–Trinajstić information content (AvgIpc) is 2.43. The number of amides is 2. The van der Waals surface area contributed by atoms with Gasteiger partial charge in [0.15, 0.2) is 0 Å². The molecule has 0 radical (unpaired) electrons. The van der Waals surface area contributed by atoms with Gasteiger partial charge < -0.3 is 20.7 Å². The van der Waals surface area contributed by atoms with E-state index in [0.717, 1.165) is 0 Å². The van der Waals surface area contributed by atoms with Gasteiger partial charge in [0.25, 0.3) is 0 Å². The number of hydrogen-bond donors (Lipinski definition) is 3.